The van der Waals surface area contributed by atoms with Crippen LogP contribution in [0.1, 0.15) is 46.0 Å². The zero-order chi connectivity index (χ0) is 21.8. The Labute approximate surface area is 169 Å². The third-order valence-electron chi connectivity index (χ3n) is 5.62. The molecule has 4 rings (SSSR count). The van der Waals surface area contributed by atoms with Crippen LogP contribution in [0.2, 0.25) is 0 Å². The zero-order valence-corrected chi connectivity index (χ0v) is 16.0. The summed E-state index contributed by atoms with van der Waals surface area (Å²) in [6, 6.07) is 4.06. The van der Waals surface area contributed by atoms with Gasteiger partial charge < -0.3 is 10.6 Å². The van der Waals surface area contributed by atoms with Crippen LogP contribution < -0.4 is 21.5 Å². The Bertz CT molecular complexity index is 1120. The van der Waals surface area contributed by atoms with Crippen molar-refractivity contribution in [1.29, 1.82) is 0 Å². The molecule has 3 N–H and O–H groups in total. The summed E-state index contributed by atoms with van der Waals surface area (Å²) in [4.78, 5) is 38.7. The molecule has 0 bridgehead atoms. The number of aromatic nitrogens is 1. The number of amides is 2. The number of benzene rings is 1. The molecule has 1 aromatic carbocycles. The zero-order valence-electron chi connectivity index (χ0n) is 16.0. The number of fused-ring (bicyclic) bond motifs is 1. The lowest BCUT2D eigenvalue weighted by atomic mass is 9.98. The van der Waals surface area contributed by atoms with E-state index in [2.05, 4.69) is 6.92 Å². The highest BCUT2D eigenvalue weighted by Gasteiger charge is 2.35. The first-order chi connectivity index (χ1) is 14.1. The van der Waals surface area contributed by atoms with E-state index >= 15 is 0 Å². The molecule has 0 aliphatic carbocycles. The third-order valence-corrected chi connectivity index (χ3v) is 5.62. The first-order valence-electron chi connectivity index (χ1n) is 9.45. The van der Waals surface area contributed by atoms with Gasteiger partial charge in [-0.15, -0.1) is 0 Å². The van der Waals surface area contributed by atoms with Gasteiger partial charge in [0.05, 0.1) is 28.1 Å². The lowest BCUT2D eigenvalue weighted by molar-refractivity contribution is -0.137. The second-order valence-corrected chi connectivity index (χ2v) is 7.65. The van der Waals surface area contributed by atoms with Crippen molar-refractivity contribution in [3.05, 3.63) is 51.3 Å². The topological polar surface area (TPSA) is 97.4 Å². The molecule has 0 saturated carbocycles. The molecule has 7 nitrogen and oxygen atoms in total. The predicted octanol–water partition coefficient (Wildman–Crippen LogP) is 2.56. The molecule has 3 heterocycles. The molecule has 2 aliphatic rings. The van der Waals surface area contributed by atoms with E-state index < -0.39 is 29.1 Å². The number of hydrogen-bond donors (Lipinski definition) is 2. The average Bonchev–Trinajstić information content (AvgIpc) is 2.95. The van der Waals surface area contributed by atoms with Gasteiger partial charge in [-0.1, -0.05) is 6.92 Å². The first-order valence-corrected chi connectivity index (χ1v) is 9.45. The minimum absolute atomic E-state index is 0.0724. The number of alkyl halides is 3. The van der Waals surface area contributed by atoms with Crippen LogP contribution in [0.4, 0.5) is 24.7 Å². The number of carbonyl (C=O) groups excluding carboxylic acids is 2. The fourth-order valence-electron chi connectivity index (χ4n) is 3.92. The van der Waals surface area contributed by atoms with Crippen molar-refractivity contribution in [2.75, 3.05) is 23.7 Å². The average molecular weight is 420 g/mol. The number of hydrogen-bond acceptors (Lipinski definition) is 5. The normalized spacial score (nSPS) is 17.3. The Hall–Kier alpha value is -3.30. The maximum atomic E-state index is 13.4. The van der Waals surface area contributed by atoms with Crippen molar-refractivity contribution in [1.82, 2.24) is 9.88 Å². The Morgan fingerprint density at radius 2 is 1.70 bits per heavy atom. The molecule has 2 aliphatic heterocycles. The van der Waals surface area contributed by atoms with Crippen LogP contribution in [0.15, 0.2) is 29.1 Å². The molecule has 2 amide bonds. The molecule has 0 atom stereocenters. The van der Waals surface area contributed by atoms with Crippen LogP contribution in [-0.2, 0) is 6.18 Å². The van der Waals surface area contributed by atoms with Gasteiger partial charge in [0.2, 0.25) is 0 Å². The number of nitrogens with two attached hydrogens (primary N) is 1. The largest absolute Gasteiger partial charge is 0.416 e. The molecule has 0 radical (unpaired) electrons. The number of pyridine rings is 1. The van der Waals surface area contributed by atoms with Crippen molar-refractivity contribution in [2.45, 2.75) is 25.9 Å². The highest BCUT2D eigenvalue weighted by atomic mass is 19.4. The van der Waals surface area contributed by atoms with Crippen molar-refractivity contribution >= 4 is 23.3 Å². The van der Waals surface area contributed by atoms with Crippen molar-refractivity contribution in [3.8, 4) is 5.69 Å². The number of nitrogens with zero attached hydrogens (tertiary/aromatic N) is 2. The number of carbonyl (C=O) groups is 2. The van der Waals surface area contributed by atoms with E-state index in [9.17, 15) is 27.6 Å². The third kappa shape index (κ3) is 3.21. The molecule has 1 saturated heterocycles. The second kappa shape index (κ2) is 6.89. The number of halogens is 3. The predicted molar refractivity (Wildman–Crippen MR) is 104 cm³/mol. The first kappa shape index (κ1) is 20.0. The Morgan fingerprint density at radius 1 is 1.03 bits per heavy atom. The summed E-state index contributed by atoms with van der Waals surface area (Å²) in [7, 11) is 0. The van der Waals surface area contributed by atoms with Gasteiger partial charge in [-0.3, -0.25) is 24.3 Å². The number of nitrogens with one attached hydrogen (secondary N) is 1. The number of nitrogen functional groups attached to an aromatic ring is 1. The molecule has 0 spiro atoms. The number of imide groups is 1. The Balaban J connectivity index is 1.96. The molecule has 10 heteroatoms. The maximum absolute atomic E-state index is 13.4. The van der Waals surface area contributed by atoms with Crippen molar-refractivity contribution in [2.24, 2.45) is 5.92 Å². The van der Waals surface area contributed by atoms with Crippen LogP contribution in [0.3, 0.4) is 0 Å². The van der Waals surface area contributed by atoms with Gasteiger partial charge in [0.15, 0.2) is 0 Å². The van der Waals surface area contributed by atoms with E-state index in [1.807, 2.05) is 10.2 Å². The van der Waals surface area contributed by atoms with Gasteiger partial charge in [-0.05, 0) is 37.0 Å². The van der Waals surface area contributed by atoms with E-state index in [4.69, 9.17) is 5.73 Å². The Kier molecular flexibility index (Phi) is 4.59. The van der Waals surface area contributed by atoms with Crippen LogP contribution >= 0.6 is 0 Å². The summed E-state index contributed by atoms with van der Waals surface area (Å²) in [6.45, 7) is 3.32. The molecule has 158 valence electrons. The summed E-state index contributed by atoms with van der Waals surface area (Å²) in [6.07, 6.45) is -2.93. The maximum Gasteiger partial charge on any atom is 0.416 e. The van der Waals surface area contributed by atoms with Gasteiger partial charge in [-0.2, -0.15) is 13.2 Å². The van der Waals surface area contributed by atoms with Crippen LogP contribution in [0.5, 0.6) is 0 Å². The van der Waals surface area contributed by atoms with Gasteiger partial charge in [0, 0.05) is 19.2 Å². The summed E-state index contributed by atoms with van der Waals surface area (Å²) >= 11 is 0. The fourth-order valence-corrected chi connectivity index (χ4v) is 3.92. The Morgan fingerprint density at radius 3 is 2.33 bits per heavy atom. The summed E-state index contributed by atoms with van der Waals surface area (Å²) in [5, 5.41) is 2.05. The quantitative estimate of drug-likeness (QED) is 0.728. The summed E-state index contributed by atoms with van der Waals surface area (Å²) in [5.41, 5.74) is 4.26. The van der Waals surface area contributed by atoms with Gasteiger partial charge in [0.1, 0.15) is 5.82 Å². The molecule has 0 unspecified atom stereocenters. The molecule has 1 fully saturated rings. The standard InChI is InChI=1S/C20H19F3N4O3/c1-10-4-6-26(7-5-10)13-3-2-11(20(21,22)23)8-14(13)27-15(28)9-12-16(17(27)24)19(30)25-18(12)29/h2-3,8-10H,4-7,24H2,1H3,(H,25,29,30). The van der Waals surface area contributed by atoms with Gasteiger partial charge in [-0.25, -0.2) is 0 Å². The minimum atomic E-state index is -4.63. The monoisotopic (exact) mass is 420 g/mol. The van der Waals surface area contributed by atoms with Crippen LogP contribution in [0.25, 0.3) is 5.69 Å². The summed E-state index contributed by atoms with van der Waals surface area (Å²) < 4.78 is 41.1. The number of anilines is 2. The van der Waals surface area contributed by atoms with Crippen molar-refractivity contribution < 1.29 is 22.8 Å². The highest BCUT2D eigenvalue weighted by molar-refractivity contribution is 6.23. The van der Waals surface area contributed by atoms with E-state index in [1.54, 1.807) is 0 Å². The number of piperidine rings is 1. The molecular formula is C20H19F3N4O3. The highest BCUT2D eigenvalue weighted by Crippen LogP contribution is 2.37. The minimum Gasteiger partial charge on any atom is -0.384 e. The lowest BCUT2D eigenvalue weighted by Crippen LogP contribution is -2.34. The van der Waals surface area contributed by atoms with Crippen molar-refractivity contribution in [3.63, 3.8) is 0 Å². The summed E-state index contributed by atoms with van der Waals surface area (Å²) in [5.74, 6) is -1.43. The van der Waals surface area contributed by atoms with E-state index in [1.165, 1.54) is 6.07 Å². The van der Waals surface area contributed by atoms with E-state index in [-0.39, 0.29) is 22.6 Å². The molecule has 2 aromatic rings. The fraction of sp³-hybridized carbons (Fsp3) is 0.350. The lowest BCUT2D eigenvalue weighted by Gasteiger charge is -2.34. The molecular weight excluding hydrogens is 401 g/mol. The second-order valence-electron chi connectivity index (χ2n) is 7.65. The van der Waals surface area contributed by atoms with Gasteiger partial charge in [0.25, 0.3) is 17.4 Å². The smallest absolute Gasteiger partial charge is 0.384 e. The SMILES string of the molecule is CC1CCN(c2ccc(C(F)(F)F)cc2-n2c(N)c3c(cc2=O)C(=O)NC3=O)CC1. The molecule has 1 aromatic heterocycles. The van der Waals surface area contributed by atoms with Gasteiger partial charge >= 0.3 is 6.18 Å². The van der Waals surface area contributed by atoms with E-state index in [0.717, 1.165) is 35.6 Å². The van der Waals surface area contributed by atoms with Crippen LogP contribution in [-0.4, -0.2) is 29.5 Å². The number of rotatable bonds is 2. The molecule has 30 heavy (non-hydrogen) atoms. The van der Waals surface area contributed by atoms with Crippen LogP contribution in [0, 0.1) is 5.92 Å². The van der Waals surface area contributed by atoms with E-state index in [0.29, 0.717) is 24.7 Å².